The summed E-state index contributed by atoms with van der Waals surface area (Å²) in [6.07, 6.45) is 5.89. The number of fused-ring (bicyclic) bond motifs is 2. The summed E-state index contributed by atoms with van der Waals surface area (Å²) >= 11 is 6.43. The van der Waals surface area contributed by atoms with Crippen molar-refractivity contribution < 1.29 is 18.7 Å². The lowest BCUT2D eigenvalue weighted by Gasteiger charge is -2.27. The van der Waals surface area contributed by atoms with Crippen LogP contribution in [-0.4, -0.2) is 57.1 Å². The molecule has 3 unspecified atom stereocenters. The highest BCUT2D eigenvalue weighted by Crippen LogP contribution is 2.63. The van der Waals surface area contributed by atoms with E-state index in [-0.39, 0.29) is 42.1 Å². The van der Waals surface area contributed by atoms with Crippen molar-refractivity contribution in [2.24, 2.45) is 11.8 Å². The average molecular weight is 684 g/mol. The number of carbonyl (C=O) groups is 1. The van der Waals surface area contributed by atoms with E-state index < -0.39 is 17.1 Å². The second-order valence-corrected chi connectivity index (χ2v) is 13.3. The predicted molar refractivity (Wildman–Crippen MR) is 182 cm³/mol. The number of alkyl carbamates (subject to hydrolysis) is 1. The van der Waals surface area contributed by atoms with E-state index in [1.54, 1.807) is 23.0 Å². The zero-order valence-electron chi connectivity index (χ0n) is 26.6. The summed E-state index contributed by atoms with van der Waals surface area (Å²) in [6.45, 7) is 2.29. The van der Waals surface area contributed by atoms with E-state index in [1.165, 1.54) is 12.3 Å². The highest BCUT2D eigenvalue weighted by atomic mass is 35.5. The number of ether oxygens (including phenoxy) is 2. The summed E-state index contributed by atoms with van der Waals surface area (Å²) in [5.74, 6) is 0.599. The van der Waals surface area contributed by atoms with E-state index in [1.807, 2.05) is 42.5 Å². The topological polar surface area (TPSA) is 127 Å². The Balaban J connectivity index is 1.08. The van der Waals surface area contributed by atoms with E-state index in [0.717, 1.165) is 31.2 Å². The van der Waals surface area contributed by atoms with Gasteiger partial charge in [0.15, 0.2) is 11.9 Å². The Hall–Kier alpha value is -4.81. The van der Waals surface area contributed by atoms with Crippen LogP contribution in [0.3, 0.4) is 0 Å². The first-order valence-corrected chi connectivity index (χ1v) is 17.0. The van der Waals surface area contributed by atoms with Crippen LogP contribution < -0.4 is 15.8 Å². The van der Waals surface area contributed by atoms with Crippen LogP contribution in [-0.2, 0) is 21.5 Å². The molecule has 8 rings (SSSR count). The van der Waals surface area contributed by atoms with Gasteiger partial charge in [0.25, 0.3) is 5.56 Å². The number of aromatic amines is 1. The minimum absolute atomic E-state index is 0.0299. The third-order valence-electron chi connectivity index (χ3n) is 10.2. The molecule has 0 spiro atoms. The molecule has 2 aliphatic heterocycles. The van der Waals surface area contributed by atoms with E-state index in [9.17, 15) is 9.59 Å². The fourth-order valence-electron chi connectivity index (χ4n) is 7.77. The molecule has 11 nitrogen and oxygen atoms in total. The van der Waals surface area contributed by atoms with Crippen LogP contribution in [0, 0.1) is 17.7 Å². The van der Waals surface area contributed by atoms with Crippen molar-refractivity contribution in [1.29, 1.82) is 0 Å². The minimum Gasteiger partial charge on any atom is -0.445 e. The van der Waals surface area contributed by atoms with Crippen molar-refractivity contribution in [2.75, 3.05) is 31.1 Å². The molecule has 3 aliphatic rings. The maximum absolute atomic E-state index is 15.4. The maximum Gasteiger partial charge on any atom is 0.407 e. The first-order chi connectivity index (χ1) is 23.9. The molecule has 3 aromatic heterocycles. The molecular weight excluding hydrogens is 649 g/mol. The molecule has 49 heavy (non-hydrogen) atoms. The Bertz CT molecular complexity index is 2070. The Labute approximate surface area is 286 Å². The number of carbonyl (C=O) groups excluding carboxylic acids is 1. The van der Waals surface area contributed by atoms with Crippen molar-refractivity contribution in [3.63, 3.8) is 0 Å². The Morgan fingerprint density at radius 1 is 1.10 bits per heavy atom. The molecule has 2 N–H and O–H groups in total. The van der Waals surface area contributed by atoms with Crippen molar-refractivity contribution in [1.82, 2.24) is 30.0 Å². The Morgan fingerprint density at radius 3 is 2.76 bits per heavy atom. The Morgan fingerprint density at radius 2 is 1.94 bits per heavy atom. The summed E-state index contributed by atoms with van der Waals surface area (Å²) in [7, 11) is 0. The third-order valence-corrected chi connectivity index (χ3v) is 10.6. The number of piperidine rings is 1. The summed E-state index contributed by atoms with van der Waals surface area (Å²) in [4.78, 5) is 39.9. The number of anilines is 1. The third kappa shape index (κ3) is 5.72. The predicted octanol–water partition coefficient (Wildman–Crippen LogP) is 5.99. The molecule has 13 heteroatoms. The number of hydrogen-bond donors (Lipinski definition) is 2. The largest absolute Gasteiger partial charge is 0.445 e. The second kappa shape index (κ2) is 12.9. The lowest BCUT2D eigenvalue weighted by Crippen LogP contribution is -2.36. The number of aromatic nitrogens is 5. The number of H-pyrrole nitrogens is 1. The first-order valence-electron chi connectivity index (χ1n) is 16.6. The van der Waals surface area contributed by atoms with Crippen LogP contribution >= 0.6 is 11.6 Å². The van der Waals surface area contributed by atoms with E-state index in [0.29, 0.717) is 53.5 Å². The van der Waals surface area contributed by atoms with Crippen LogP contribution in [0.15, 0.2) is 77.9 Å². The molecule has 1 amide bonds. The fourth-order valence-corrected chi connectivity index (χ4v) is 7.97. The van der Waals surface area contributed by atoms with Crippen molar-refractivity contribution in [3.8, 4) is 11.3 Å². The van der Waals surface area contributed by atoms with Gasteiger partial charge in [-0.05, 0) is 60.8 Å². The quantitative estimate of drug-likeness (QED) is 0.204. The van der Waals surface area contributed by atoms with Crippen LogP contribution in [0.25, 0.3) is 22.4 Å². The van der Waals surface area contributed by atoms with Gasteiger partial charge in [0.2, 0.25) is 0 Å². The molecule has 5 heterocycles. The SMILES string of the molecule is O=C(NC[C@]1(c2ccccc2F)C2CCN(c3cnc4c(-c5cc[nH]c(=O)c5Cl)nn(C5CCCCO5)c4n3)CC21)OCc1ccccc1. The minimum atomic E-state index is -0.592. The molecule has 5 aromatic rings. The summed E-state index contributed by atoms with van der Waals surface area (Å²) in [5, 5.41) is 7.84. The van der Waals surface area contributed by atoms with Gasteiger partial charge in [-0.3, -0.25) is 4.79 Å². The van der Waals surface area contributed by atoms with Gasteiger partial charge in [-0.1, -0.05) is 60.1 Å². The van der Waals surface area contributed by atoms with Gasteiger partial charge in [0, 0.05) is 43.4 Å². The first kappa shape index (κ1) is 31.5. The number of halogens is 2. The van der Waals surface area contributed by atoms with Crippen molar-refractivity contribution >= 4 is 34.7 Å². The number of nitrogens with one attached hydrogen (secondary N) is 2. The van der Waals surface area contributed by atoms with Gasteiger partial charge in [-0.2, -0.15) is 5.10 Å². The lowest BCUT2D eigenvalue weighted by molar-refractivity contribution is -0.0368. The molecular formula is C36H35ClFN7O4. The fraction of sp³-hybridized carbons (Fsp3) is 0.361. The number of hydrogen-bond acceptors (Lipinski definition) is 8. The molecule has 1 saturated carbocycles. The standard InChI is InChI=1S/C36H35ClFN7O4/c37-30-23(13-15-39-34(30)46)31-32-33(45(43-31)29-12-6-7-17-48-29)42-28(18-40-32)44-16-14-24-26(19-44)36(24,25-10-4-5-11-27(25)38)21-41-35(47)49-20-22-8-2-1-3-9-22/h1-5,8-11,13,15,18,24,26,29H,6-7,12,14,16-17,19-21H2,(H,39,46)(H,41,47)/t24?,26?,29?,36-/m1/s1. The summed E-state index contributed by atoms with van der Waals surface area (Å²) < 4.78 is 28.8. The van der Waals surface area contributed by atoms with Crippen LogP contribution in [0.4, 0.5) is 15.0 Å². The van der Waals surface area contributed by atoms with Gasteiger partial charge in [0.1, 0.15) is 34.5 Å². The van der Waals surface area contributed by atoms with Crippen molar-refractivity contribution in [2.45, 2.75) is 43.9 Å². The summed E-state index contributed by atoms with van der Waals surface area (Å²) in [5.41, 5.74) is 2.47. The average Bonchev–Trinajstić information content (AvgIpc) is 3.63. The van der Waals surface area contributed by atoms with Crippen LogP contribution in [0.2, 0.25) is 5.02 Å². The number of rotatable bonds is 8. The molecule has 2 aromatic carbocycles. The zero-order chi connectivity index (χ0) is 33.5. The van der Waals surface area contributed by atoms with E-state index >= 15 is 4.39 Å². The number of amides is 1. The molecule has 0 bridgehead atoms. The molecule has 252 valence electrons. The van der Waals surface area contributed by atoms with Crippen LogP contribution in [0.1, 0.15) is 43.0 Å². The van der Waals surface area contributed by atoms with E-state index in [2.05, 4.69) is 15.2 Å². The molecule has 0 radical (unpaired) electrons. The molecule has 1 aliphatic carbocycles. The van der Waals surface area contributed by atoms with Gasteiger partial charge >= 0.3 is 6.09 Å². The van der Waals surface area contributed by atoms with Gasteiger partial charge in [0.05, 0.1) is 6.20 Å². The normalized spacial score (nSPS) is 23.2. The van der Waals surface area contributed by atoms with Gasteiger partial charge in [-0.25, -0.2) is 23.8 Å². The van der Waals surface area contributed by atoms with Crippen molar-refractivity contribution in [3.05, 3.63) is 105 Å². The highest BCUT2D eigenvalue weighted by Gasteiger charge is 2.67. The maximum atomic E-state index is 15.4. The number of benzene rings is 2. The lowest BCUT2D eigenvalue weighted by atomic mass is 9.90. The summed E-state index contributed by atoms with van der Waals surface area (Å²) in [6, 6.07) is 18.0. The van der Waals surface area contributed by atoms with E-state index in [4.69, 9.17) is 36.1 Å². The molecule has 3 fully saturated rings. The molecule has 4 atom stereocenters. The second-order valence-electron chi connectivity index (χ2n) is 12.9. The zero-order valence-corrected chi connectivity index (χ0v) is 27.4. The van der Waals surface area contributed by atoms with Crippen LogP contribution in [0.5, 0.6) is 0 Å². The number of pyridine rings is 1. The highest BCUT2D eigenvalue weighted by molar-refractivity contribution is 6.33. The Kier molecular flexibility index (Phi) is 8.28. The monoisotopic (exact) mass is 683 g/mol. The molecule has 2 saturated heterocycles. The van der Waals surface area contributed by atoms with Gasteiger partial charge < -0.3 is 24.7 Å². The van der Waals surface area contributed by atoms with Gasteiger partial charge in [-0.15, -0.1) is 0 Å². The number of nitrogens with zero attached hydrogens (tertiary/aromatic N) is 5. The smallest absolute Gasteiger partial charge is 0.407 e.